The first-order chi connectivity index (χ1) is 12.6. The molecule has 0 aliphatic rings. The maximum Gasteiger partial charge on any atom is 0.418 e. The number of amides is 1. The molecule has 0 fully saturated rings. The minimum absolute atomic E-state index is 0.0649. The number of unbranched alkanes of at least 4 members (excludes halogenated alkanes) is 1. The van der Waals surface area contributed by atoms with Crippen molar-refractivity contribution in [3.63, 3.8) is 0 Å². The Kier molecular flexibility index (Phi) is 7.22. The van der Waals surface area contributed by atoms with Gasteiger partial charge in [-0.2, -0.15) is 13.2 Å². The quantitative estimate of drug-likeness (QED) is 0.585. The molecule has 0 bridgehead atoms. The van der Waals surface area contributed by atoms with Gasteiger partial charge in [-0.15, -0.1) is 0 Å². The molecule has 0 saturated heterocycles. The second-order valence-electron chi connectivity index (χ2n) is 6.07. The van der Waals surface area contributed by atoms with Crippen LogP contribution in [0, 0.1) is 13.8 Å². The van der Waals surface area contributed by atoms with Crippen LogP contribution in [0.1, 0.15) is 36.7 Å². The van der Waals surface area contributed by atoms with E-state index in [-0.39, 0.29) is 10.8 Å². The fourth-order valence-corrected chi connectivity index (χ4v) is 3.65. The van der Waals surface area contributed by atoms with Gasteiger partial charge in [0.1, 0.15) is 0 Å². The molecule has 0 unspecified atom stereocenters. The molecule has 1 aromatic carbocycles. The summed E-state index contributed by atoms with van der Waals surface area (Å²) in [5.41, 5.74) is 0.514. The molecule has 1 amide bonds. The number of rotatable bonds is 7. The van der Waals surface area contributed by atoms with Crippen molar-refractivity contribution < 1.29 is 18.0 Å². The highest BCUT2D eigenvalue weighted by Crippen LogP contribution is 2.38. The van der Waals surface area contributed by atoms with Crippen LogP contribution in [-0.4, -0.2) is 21.2 Å². The minimum Gasteiger partial charge on any atom is -0.324 e. The zero-order valence-electron chi connectivity index (χ0n) is 15.3. The SMILES string of the molecule is CCCCn1c(SCC(=O)Nc2c(Cl)cccc2C(F)(F)F)nc(C)c1C. The average molecular weight is 420 g/mol. The molecule has 1 heterocycles. The van der Waals surface area contributed by atoms with Crippen molar-refractivity contribution in [3.8, 4) is 0 Å². The van der Waals surface area contributed by atoms with Gasteiger partial charge in [0.25, 0.3) is 0 Å². The normalized spacial score (nSPS) is 11.7. The number of anilines is 1. The molecule has 2 rings (SSSR count). The lowest BCUT2D eigenvalue weighted by Gasteiger charge is -2.15. The van der Waals surface area contributed by atoms with Gasteiger partial charge < -0.3 is 9.88 Å². The lowest BCUT2D eigenvalue weighted by molar-refractivity contribution is -0.137. The summed E-state index contributed by atoms with van der Waals surface area (Å²) in [7, 11) is 0. The summed E-state index contributed by atoms with van der Waals surface area (Å²) in [4.78, 5) is 16.7. The molecule has 148 valence electrons. The number of aryl methyl sites for hydroxylation is 1. The number of alkyl halides is 3. The third kappa shape index (κ3) is 5.42. The summed E-state index contributed by atoms with van der Waals surface area (Å²) in [6, 6.07) is 3.40. The summed E-state index contributed by atoms with van der Waals surface area (Å²) in [6.45, 7) is 6.72. The highest BCUT2D eigenvalue weighted by Gasteiger charge is 2.34. The van der Waals surface area contributed by atoms with Crippen LogP contribution in [0.2, 0.25) is 5.02 Å². The predicted molar refractivity (Wildman–Crippen MR) is 102 cm³/mol. The van der Waals surface area contributed by atoms with Crippen molar-refractivity contribution in [2.75, 3.05) is 11.1 Å². The average Bonchev–Trinajstić information content (AvgIpc) is 2.86. The van der Waals surface area contributed by atoms with Crippen molar-refractivity contribution in [1.82, 2.24) is 9.55 Å². The molecule has 0 aliphatic carbocycles. The van der Waals surface area contributed by atoms with E-state index in [1.54, 1.807) is 0 Å². The van der Waals surface area contributed by atoms with Crippen LogP contribution in [0.5, 0.6) is 0 Å². The van der Waals surface area contributed by atoms with E-state index in [2.05, 4.69) is 17.2 Å². The van der Waals surface area contributed by atoms with Crippen LogP contribution in [0.15, 0.2) is 23.4 Å². The molecule has 9 heteroatoms. The van der Waals surface area contributed by atoms with Gasteiger partial charge >= 0.3 is 6.18 Å². The van der Waals surface area contributed by atoms with Crippen LogP contribution in [0.25, 0.3) is 0 Å². The number of aromatic nitrogens is 2. The van der Waals surface area contributed by atoms with Gasteiger partial charge in [0, 0.05) is 12.2 Å². The molecule has 0 saturated carbocycles. The standard InChI is InChI=1S/C18H21ClF3N3OS/c1-4-5-9-25-12(3)11(2)23-17(25)27-10-15(26)24-16-13(18(20,21)22)7-6-8-14(16)19/h6-8H,4-5,9-10H2,1-3H3,(H,24,26). The second-order valence-corrected chi connectivity index (χ2v) is 7.42. The summed E-state index contributed by atoms with van der Waals surface area (Å²) in [6.07, 6.45) is -2.61. The van der Waals surface area contributed by atoms with Crippen molar-refractivity contribution in [2.45, 2.75) is 51.5 Å². The number of nitrogens with one attached hydrogen (secondary N) is 1. The van der Waals surface area contributed by atoms with E-state index >= 15 is 0 Å². The van der Waals surface area contributed by atoms with E-state index in [0.717, 1.165) is 36.8 Å². The molecule has 1 aromatic heterocycles. The third-order valence-corrected chi connectivity index (χ3v) is 5.37. The van der Waals surface area contributed by atoms with Crippen LogP contribution in [0.3, 0.4) is 0 Å². The van der Waals surface area contributed by atoms with Gasteiger partial charge in [0.2, 0.25) is 5.91 Å². The van der Waals surface area contributed by atoms with Gasteiger partial charge in [-0.05, 0) is 32.4 Å². The third-order valence-electron chi connectivity index (χ3n) is 4.07. The molecule has 2 aromatic rings. The summed E-state index contributed by atoms with van der Waals surface area (Å²) >= 11 is 7.06. The minimum atomic E-state index is -4.61. The highest BCUT2D eigenvalue weighted by atomic mass is 35.5. The van der Waals surface area contributed by atoms with Gasteiger partial charge in [-0.25, -0.2) is 4.98 Å². The molecular weight excluding hydrogens is 399 g/mol. The molecule has 0 spiro atoms. The first kappa shape index (κ1) is 21.6. The second kappa shape index (κ2) is 9.01. The van der Waals surface area contributed by atoms with Crippen LogP contribution in [-0.2, 0) is 17.5 Å². The van der Waals surface area contributed by atoms with Crippen molar-refractivity contribution in [3.05, 3.63) is 40.2 Å². The van der Waals surface area contributed by atoms with Crippen LogP contribution in [0.4, 0.5) is 18.9 Å². The lowest BCUT2D eigenvalue weighted by atomic mass is 10.1. The van der Waals surface area contributed by atoms with E-state index in [1.807, 2.05) is 18.4 Å². The maximum absolute atomic E-state index is 13.1. The summed E-state index contributed by atoms with van der Waals surface area (Å²) < 4.78 is 41.4. The van der Waals surface area contributed by atoms with Gasteiger partial charge in [-0.1, -0.05) is 42.8 Å². The Morgan fingerprint density at radius 3 is 2.67 bits per heavy atom. The topological polar surface area (TPSA) is 46.9 Å². The Bertz CT molecular complexity index is 821. The largest absolute Gasteiger partial charge is 0.418 e. The van der Waals surface area contributed by atoms with Crippen molar-refractivity contribution in [1.29, 1.82) is 0 Å². The number of benzene rings is 1. The molecule has 27 heavy (non-hydrogen) atoms. The molecule has 0 atom stereocenters. The van der Waals surface area contributed by atoms with E-state index in [0.29, 0.717) is 5.16 Å². The zero-order valence-corrected chi connectivity index (χ0v) is 16.9. The van der Waals surface area contributed by atoms with Crippen LogP contribution >= 0.6 is 23.4 Å². The monoisotopic (exact) mass is 419 g/mol. The number of para-hydroxylation sites is 1. The summed E-state index contributed by atoms with van der Waals surface area (Å²) in [5.74, 6) is -0.635. The first-order valence-electron chi connectivity index (χ1n) is 8.47. The first-order valence-corrected chi connectivity index (χ1v) is 9.83. The fourth-order valence-electron chi connectivity index (χ4n) is 2.51. The van der Waals surface area contributed by atoms with Crippen molar-refractivity contribution in [2.24, 2.45) is 0 Å². The Hall–Kier alpha value is -1.67. The number of nitrogens with zero attached hydrogens (tertiary/aromatic N) is 2. The summed E-state index contributed by atoms with van der Waals surface area (Å²) in [5, 5.41) is 2.82. The number of halogens is 4. The lowest BCUT2D eigenvalue weighted by Crippen LogP contribution is -2.19. The van der Waals surface area contributed by atoms with E-state index in [9.17, 15) is 18.0 Å². The Balaban J connectivity index is 2.12. The molecule has 0 aliphatic heterocycles. The van der Waals surface area contributed by atoms with E-state index < -0.39 is 23.3 Å². The van der Waals surface area contributed by atoms with Gasteiger partial charge in [-0.3, -0.25) is 4.79 Å². The highest BCUT2D eigenvalue weighted by molar-refractivity contribution is 7.99. The van der Waals surface area contributed by atoms with E-state index in [1.165, 1.54) is 23.9 Å². The van der Waals surface area contributed by atoms with E-state index in [4.69, 9.17) is 11.6 Å². The Morgan fingerprint density at radius 2 is 2.04 bits per heavy atom. The smallest absolute Gasteiger partial charge is 0.324 e. The number of thioether (sulfide) groups is 1. The number of imidazole rings is 1. The maximum atomic E-state index is 13.1. The Labute approximate surface area is 165 Å². The fraction of sp³-hybridized carbons (Fsp3) is 0.444. The zero-order chi connectivity index (χ0) is 20.2. The predicted octanol–water partition coefficient (Wildman–Crippen LogP) is 5.70. The molecule has 0 radical (unpaired) electrons. The number of hydrogen-bond acceptors (Lipinski definition) is 3. The number of carbonyl (C=O) groups excluding carboxylic acids is 1. The number of carbonyl (C=O) groups is 1. The van der Waals surface area contributed by atoms with Crippen molar-refractivity contribution >= 4 is 35.0 Å². The molecular formula is C18H21ClF3N3OS. The Morgan fingerprint density at radius 1 is 1.33 bits per heavy atom. The molecule has 4 nitrogen and oxygen atoms in total. The van der Waals surface area contributed by atoms with Gasteiger partial charge in [0.15, 0.2) is 5.16 Å². The van der Waals surface area contributed by atoms with Gasteiger partial charge in [0.05, 0.1) is 27.7 Å². The number of hydrogen-bond donors (Lipinski definition) is 1. The molecule has 1 N–H and O–H groups in total. The van der Waals surface area contributed by atoms with Crippen LogP contribution < -0.4 is 5.32 Å².